The number of pyridine rings is 1. The first kappa shape index (κ1) is 17.0. The molecule has 3 fully saturated rings. The van der Waals surface area contributed by atoms with Gasteiger partial charge in [-0.05, 0) is 49.9 Å². The number of carbonyl (C=O) groups is 1. The van der Waals surface area contributed by atoms with E-state index < -0.39 is 0 Å². The van der Waals surface area contributed by atoms with Crippen molar-refractivity contribution in [3.8, 4) is 11.8 Å². The number of nitrogens with zero attached hydrogens (tertiary/aromatic N) is 4. The van der Waals surface area contributed by atoms with Crippen LogP contribution in [0.25, 0.3) is 11.0 Å². The Hall–Kier alpha value is -3.11. The highest BCUT2D eigenvalue weighted by atomic mass is 16.3. The van der Waals surface area contributed by atoms with E-state index >= 15 is 0 Å². The number of amides is 1. The highest BCUT2D eigenvalue weighted by Gasteiger charge is 2.35. The van der Waals surface area contributed by atoms with Crippen molar-refractivity contribution in [2.75, 3.05) is 19.6 Å². The van der Waals surface area contributed by atoms with Crippen molar-refractivity contribution < 1.29 is 9.21 Å². The lowest BCUT2D eigenvalue weighted by atomic mass is 9.84. The van der Waals surface area contributed by atoms with E-state index in [9.17, 15) is 4.79 Å². The molecule has 0 unspecified atom stereocenters. The van der Waals surface area contributed by atoms with E-state index in [-0.39, 0.29) is 11.9 Å². The molecule has 7 nitrogen and oxygen atoms in total. The summed E-state index contributed by atoms with van der Waals surface area (Å²) in [6.07, 6.45) is 7.51. The third-order valence-electron chi connectivity index (χ3n) is 5.62. The second-order valence-corrected chi connectivity index (χ2v) is 7.44. The zero-order chi connectivity index (χ0) is 18.9. The summed E-state index contributed by atoms with van der Waals surface area (Å²) in [4.78, 5) is 19.4. The Labute approximate surface area is 162 Å². The molecule has 0 aliphatic carbocycles. The van der Waals surface area contributed by atoms with Gasteiger partial charge in [0, 0.05) is 36.4 Å². The number of hydrogen-bond acceptors (Lipinski definition) is 5. The fourth-order valence-electron chi connectivity index (χ4n) is 4.10. The largest absolute Gasteiger partial charge is 0.446 e. The van der Waals surface area contributed by atoms with Crippen LogP contribution in [-0.4, -0.2) is 51.2 Å². The van der Waals surface area contributed by atoms with Crippen LogP contribution in [0.2, 0.25) is 0 Å². The number of nitrogens with one attached hydrogen (secondary N) is 1. The Kier molecular flexibility index (Phi) is 4.34. The van der Waals surface area contributed by atoms with E-state index in [0.717, 1.165) is 25.0 Å². The second-order valence-electron chi connectivity index (χ2n) is 7.44. The molecule has 0 radical (unpaired) electrons. The summed E-state index contributed by atoms with van der Waals surface area (Å²) in [7, 11) is 0. The van der Waals surface area contributed by atoms with Gasteiger partial charge in [-0.3, -0.25) is 9.48 Å². The van der Waals surface area contributed by atoms with Crippen molar-refractivity contribution in [3.05, 3.63) is 48.2 Å². The molecule has 6 rings (SSSR count). The average Bonchev–Trinajstić information content (AvgIpc) is 3.37. The zero-order valence-electron chi connectivity index (χ0n) is 15.5. The van der Waals surface area contributed by atoms with Crippen LogP contribution in [0.1, 0.15) is 29.1 Å². The van der Waals surface area contributed by atoms with Crippen LogP contribution in [-0.2, 0) is 6.54 Å². The lowest BCUT2D eigenvalue weighted by Gasteiger charge is -2.44. The molecule has 1 amide bonds. The van der Waals surface area contributed by atoms with Gasteiger partial charge in [-0.25, -0.2) is 4.98 Å². The van der Waals surface area contributed by atoms with Crippen LogP contribution >= 0.6 is 0 Å². The summed E-state index contributed by atoms with van der Waals surface area (Å²) < 4.78 is 7.45. The first-order valence-corrected chi connectivity index (χ1v) is 9.64. The van der Waals surface area contributed by atoms with Crippen molar-refractivity contribution in [2.24, 2.45) is 5.92 Å². The Balaban J connectivity index is 1.29. The summed E-state index contributed by atoms with van der Waals surface area (Å²) in [6.45, 7) is 3.75. The van der Waals surface area contributed by atoms with Crippen LogP contribution in [0.15, 0.2) is 41.2 Å². The lowest BCUT2D eigenvalue weighted by Crippen LogP contribution is -2.57. The van der Waals surface area contributed by atoms with Crippen molar-refractivity contribution >= 4 is 16.9 Å². The molecule has 28 heavy (non-hydrogen) atoms. The first-order valence-electron chi connectivity index (χ1n) is 9.64. The molecule has 0 aromatic carbocycles. The van der Waals surface area contributed by atoms with Crippen LogP contribution in [0.5, 0.6) is 0 Å². The minimum Gasteiger partial charge on any atom is -0.446 e. The van der Waals surface area contributed by atoms with E-state index in [1.54, 1.807) is 23.1 Å². The van der Waals surface area contributed by atoms with Gasteiger partial charge in [0.05, 0.1) is 6.20 Å². The van der Waals surface area contributed by atoms with E-state index in [1.807, 2.05) is 18.3 Å². The van der Waals surface area contributed by atoms with Gasteiger partial charge in [0.25, 0.3) is 5.91 Å². The Morgan fingerprint density at radius 3 is 2.96 bits per heavy atom. The summed E-state index contributed by atoms with van der Waals surface area (Å²) in [5.74, 6) is 7.04. The monoisotopic (exact) mass is 375 g/mol. The fraction of sp³-hybridized carbons (Fsp3) is 0.381. The highest BCUT2D eigenvalue weighted by Crippen LogP contribution is 2.27. The molecule has 6 heterocycles. The lowest BCUT2D eigenvalue weighted by molar-refractivity contribution is 0.0618. The number of piperidine rings is 3. The number of aromatic nitrogens is 3. The van der Waals surface area contributed by atoms with Gasteiger partial charge >= 0.3 is 0 Å². The van der Waals surface area contributed by atoms with E-state index in [1.165, 1.54) is 12.8 Å². The molecule has 3 aliphatic rings. The van der Waals surface area contributed by atoms with E-state index in [2.05, 4.69) is 32.1 Å². The third-order valence-corrected chi connectivity index (χ3v) is 5.62. The maximum absolute atomic E-state index is 12.7. The number of carbonyl (C=O) groups excluding carboxylic acids is 1. The normalized spacial score (nSPS) is 23.4. The Bertz CT molecular complexity index is 1050. The van der Waals surface area contributed by atoms with Crippen LogP contribution in [0.3, 0.4) is 0 Å². The van der Waals surface area contributed by atoms with Crippen molar-refractivity contribution in [1.82, 2.24) is 25.0 Å². The SMILES string of the molecule is O=C(N[C@H]1CN2CCC1CC2)c1cc2cc(C#CCn3cccn3)oc2cn1. The predicted molar refractivity (Wildman–Crippen MR) is 104 cm³/mol. The Morgan fingerprint density at radius 2 is 2.21 bits per heavy atom. The summed E-state index contributed by atoms with van der Waals surface area (Å²) in [6, 6.07) is 5.70. The highest BCUT2D eigenvalue weighted by molar-refractivity contribution is 5.95. The van der Waals surface area contributed by atoms with Crippen molar-refractivity contribution in [3.63, 3.8) is 0 Å². The molecule has 142 valence electrons. The maximum Gasteiger partial charge on any atom is 0.270 e. The zero-order valence-corrected chi connectivity index (χ0v) is 15.5. The minimum atomic E-state index is -0.117. The maximum atomic E-state index is 12.7. The fourth-order valence-corrected chi connectivity index (χ4v) is 4.10. The molecule has 7 heteroatoms. The average molecular weight is 375 g/mol. The number of hydrogen-bond donors (Lipinski definition) is 1. The molecule has 3 aromatic rings. The number of furan rings is 1. The molecule has 3 saturated heterocycles. The molecule has 1 N–H and O–H groups in total. The van der Waals surface area contributed by atoms with Crippen molar-refractivity contribution in [1.29, 1.82) is 0 Å². The smallest absolute Gasteiger partial charge is 0.270 e. The number of rotatable bonds is 3. The molecular formula is C21H21N5O2. The topological polar surface area (TPSA) is 76.2 Å². The van der Waals surface area contributed by atoms with E-state index in [4.69, 9.17) is 4.42 Å². The molecule has 2 bridgehead atoms. The van der Waals surface area contributed by atoms with Gasteiger partial charge in [0.1, 0.15) is 12.2 Å². The third kappa shape index (κ3) is 3.39. The summed E-state index contributed by atoms with van der Waals surface area (Å²) in [5.41, 5.74) is 1.04. The van der Waals surface area contributed by atoms with Crippen LogP contribution in [0.4, 0.5) is 0 Å². The molecule has 0 saturated carbocycles. The first-order chi connectivity index (χ1) is 13.7. The molecule has 3 aromatic heterocycles. The van der Waals surface area contributed by atoms with Gasteiger partial charge in [-0.2, -0.15) is 5.10 Å². The van der Waals surface area contributed by atoms with Gasteiger partial charge in [-0.15, -0.1) is 0 Å². The van der Waals surface area contributed by atoms with Crippen LogP contribution in [0, 0.1) is 17.8 Å². The van der Waals surface area contributed by atoms with Gasteiger partial charge in [0.15, 0.2) is 11.3 Å². The predicted octanol–water partition coefficient (Wildman–Crippen LogP) is 1.90. The van der Waals surface area contributed by atoms with Gasteiger partial charge < -0.3 is 14.6 Å². The minimum absolute atomic E-state index is 0.117. The quantitative estimate of drug-likeness (QED) is 0.708. The molecule has 3 aliphatic heterocycles. The van der Waals surface area contributed by atoms with E-state index in [0.29, 0.717) is 29.5 Å². The summed E-state index contributed by atoms with van der Waals surface area (Å²) in [5, 5.41) is 8.12. The summed E-state index contributed by atoms with van der Waals surface area (Å²) >= 11 is 0. The molecular weight excluding hydrogens is 354 g/mol. The van der Waals surface area contributed by atoms with Crippen molar-refractivity contribution in [2.45, 2.75) is 25.4 Å². The number of fused-ring (bicyclic) bond motifs is 4. The van der Waals surface area contributed by atoms with Crippen LogP contribution < -0.4 is 5.32 Å². The standard InChI is InChI=1S/C21H21N5O2/c27-21(24-19-14-25-9-4-15(19)5-10-25)18-12-16-11-17(28-20(16)13-22-18)3-1-7-26-8-2-6-23-26/h2,6,8,11-13,15,19H,4-5,7,9-10,14H2,(H,24,27)/t19-/m0/s1. The molecule has 1 atom stereocenters. The molecule has 0 spiro atoms. The van der Waals surface area contributed by atoms with Gasteiger partial charge in [-0.1, -0.05) is 5.92 Å². The second kappa shape index (κ2) is 7.13. The Morgan fingerprint density at radius 1 is 1.32 bits per heavy atom. The van der Waals surface area contributed by atoms with Gasteiger partial charge in [0.2, 0.25) is 0 Å².